The van der Waals surface area contributed by atoms with Gasteiger partial charge in [0.2, 0.25) is 0 Å². The first-order valence-corrected chi connectivity index (χ1v) is 5.14. The van der Waals surface area contributed by atoms with Gasteiger partial charge < -0.3 is 5.32 Å². The molecule has 0 radical (unpaired) electrons. The number of nitrogens with zero attached hydrogens (tertiary/aromatic N) is 2. The van der Waals surface area contributed by atoms with Crippen molar-refractivity contribution in [2.24, 2.45) is 0 Å². The number of benzene rings is 1. The molecule has 0 saturated carbocycles. The lowest BCUT2D eigenvalue weighted by atomic mass is 10.2. The van der Waals surface area contributed by atoms with E-state index in [2.05, 4.69) is 10.3 Å². The van der Waals surface area contributed by atoms with Crippen LogP contribution in [0.4, 0.5) is 11.5 Å². The quantitative estimate of drug-likeness (QED) is 0.646. The van der Waals surface area contributed by atoms with Gasteiger partial charge >= 0.3 is 0 Å². The van der Waals surface area contributed by atoms with Gasteiger partial charge in [-0.25, -0.2) is 4.98 Å². The summed E-state index contributed by atoms with van der Waals surface area (Å²) >= 11 is 0. The Morgan fingerprint density at radius 1 is 1.24 bits per heavy atom. The van der Waals surface area contributed by atoms with E-state index in [0.717, 1.165) is 5.56 Å². The van der Waals surface area contributed by atoms with Crippen molar-refractivity contribution in [3.05, 3.63) is 64.3 Å². The van der Waals surface area contributed by atoms with Crippen LogP contribution in [0.1, 0.15) is 5.56 Å². The van der Waals surface area contributed by atoms with Crippen molar-refractivity contribution in [2.45, 2.75) is 6.54 Å². The second kappa shape index (κ2) is 5.07. The molecular formula is C12H11N3O2. The third kappa shape index (κ3) is 3.01. The molecule has 1 N–H and O–H groups in total. The Hall–Kier alpha value is -2.43. The molecule has 0 aliphatic carbocycles. The summed E-state index contributed by atoms with van der Waals surface area (Å²) in [5.41, 5.74) is 1.14. The molecule has 1 aromatic carbocycles. The highest BCUT2D eigenvalue weighted by molar-refractivity contribution is 5.44. The van der Waals surface area contributed by atoms with Gasteiger partial charge in [-0.05, 0) is 5.56 Å². The number of hydrogen-bond donors (Lipinski definition) is 1. The van der Waals surface area contributed by atoms with Crippen LogP contribution in [-0.4, -0.2) is 9.91 Å². The summed E-state index contributed by atoms with van der Waals surface area (Å²) in [6.45, 7) is 0.592. The predicted molar refractivity (Wildman–Crippen MR) is 64.7 cm³/mol. The third-order valence-corrected chi connectivity index (χ3v) is 2.27. The SMILES string of the molecule is O=[N+]([O-])c1ccnc(NCc2ccccc2)c1. The second-order valence-electron chi connectivity index (χ2n) is 3.50. The fourth-order valence-electron chi connectivity index (χ4n) is 1.42. The van der Waals surface area contributed by atoms with Crippen LogP contribution in [0.25, 0.3) is 0 Å². The lowest BCUT2D eigenvalue weighted by Gasteiger charge is -2.04. The minimum absolute atomic E-state index is 0.0376. The van der Waals surface area contributed by atoms with E-state index in [0.29, 0.717) is 12.4 Å². The fourth-order valence-corrected chi connectivity index (χ4v) is 1.42. The average Bonchev–Trinajstić information content (AvgIpc) is 2.38. The number of aromatic nitrogens is 1. The minimum Gasteiger partial charge on any atom is -0.366 e. The molecule has 86 valence electrons. The zero-order valence-electron chi connectivity index (χ0n) is 9.04. The zero-order chi connectivity index (χ0) is 12.1. The molecular weight excluding hydrogens is 218 g/mol. The molecule has 1 heterocycles. The topological polar surface area (TPSA) is 68.1 Å². The molecule has 5 nitrogen and oxygen atoms in total. The molecule has 17 heavy (non-hydrogen) atoms. The number of hydrogen-bond acceptors (Lipinski definition) is 4. The Morgan fingerprint density at radius 2 is 2.00 bits per heavy atom. The third-order valence-electron chi connectivity index (χ3n) is 2.27. The van der Waals surface area contributed by atoms with E-state index in [1.54, 1.807) is 0 Å². The Balaban J connectivity index is 2.04. The van der Waals surface area contributed by atoms with E-state index in [1.165, 1.54) is 18.3 Å². The highest BCUT2D eigenvalue weighted by atomic mass is 16.6. The van der Waals surface area contributed by atoms with E-state index >= 15 is 0 Å². The summed E-state index contributed by atoms with van der Waals surface area (Å²) in [6, 6.07) is 12.6. The first-order chi connectivity index (χ1) is 8.25. The molecule has 1 aromatic heterocycles. The van der Waals surface area contributed by atoms with Crippen LogP contribution in [0.5, 0.6) is 0 Å². The number of anilines is 1. The van der Waals surface area contributed by atoms with Crippen LogP contribution in [0.15, 0.2) is 48.7 Å². The largest absolute Gasteiger partial charge is 0.366 e. The Bertz CT molecular complexity index is 514. The van der Waals surface area contributed by atoms with E-state index in [4.69, 9.17) is 0 Å². The Labute approximate surface area is 98.3 Å². The maximum Gasteiger partial charge on any atom is 0.274 e. The fraction of sp³-hybridized carbons (Fsp3) is 0.0833. The standard InChI is InChI=1S/C12H11N3O2/c16-15(17)11-6-7-13-12(8-11)14-9-10-4-2-1-3-5-10/h1-8H,9H2,(H,13,14). The van der Waals surface area contributed by atoms with Crippen LogP contribution in [0, 0.1) is 10.1 Å². The monoisotopic (exact) mass is 229 g/mol. The summed E-state index contributed by atoms with van der Waals surface area (Å²) in [5.74, 6) is 0.503. The number of nitrogens with one attached hydrogen (secondary N) is 1. The molecule has 0 amide bonds. The smallest absolute Gasteiger partial charge is 0.274 e. The highest BCUT2D eigenvalue weighted by Gasteiger charge is 2.05. The molecule has 2 rings (SSSR count). The van der Waals surface area contributed by atoms with Crippen molar-refractivity contribution in [3.63, 3.8) is 0 Å². The van der Waals surface area contributed by atoms with E-state index < -0.39 is 4.92 Å². The number of pyridine rings is 1. The molecule has 0 bridgehead atoms. The molecule has 0 spiro atoms. The highest BCUT2D eigenvalue weighted by Crippen LogP contribution is 2.14. The van der Waals surface area contributed by atoms with Gasteiger partial charge in [0.25, 0.3) is 5.69 Å². The normalized spacial score (nSPS) is 9.88. The van der Waals surface area contributed by atoms with Gasteiger partial charge in [-0.15, -0.1) is 0 Å². The van der Waals surface area contributed by atoms with Crippen LogP contribution < -0.4 is 5.32 Å². The number of rotatable bonds is 4. The maximum atomic E-state index is 10.6. The molecule has 0 aliphatic heterocycles. The van der Waals surface area contributed by atoms with Crippen molar-refractivity contribution in [2.75, 3.05) is 5.32 Å². The van der Waals surface area contributed by atoms with Crippen molar-refractivity contribution in [3.8, 4) is 0 Å². The second-order valence-corrected chi connectivity index (χ2v) is 3.50. The summed E-state index contributed by atoms with van der Waals surface area (Å²) in [4.78, 5) is 14.2. The average molecular weight is 229 g/mol. The molecule has 0 fully saturated rings. The van der Waals surface area contributed by atoms with E-state index in [9.17, 15) is 10.1 Å². The molecule has 0 saturated heterocycles. The summed E-state index contributed by atoms with van der Waals surface area (Å²) < 4.78 is 0. The molecule has 0 aliphatic rings. The van der Waals surface area contributed by atoms with Crippen LogP contribution in [0.2, 0.25) is 0 Å². The Morgan fingerprint density at radius 3 is 2.71 bits per heavy atom. The van der Waals surface area contributed by atoms with Gasteiger partial charge in [-0.3, -0.25) is 10.1 Å². The van der Waals surface area contributed by atoms with Crippen molar-refractivity contribution in [1.82, 2.24) is 4.98 Å². The molecule has 5 heteroatoms. The van der Waals surface area contributed by atoms with Gasteiger partial charge in [0.1, 0.15) is 5.82 Å². The van der Waals surface area contributed by atoms with E-state index in [1.807, 2.05) is 30.3 Å². The number of nitro groups is 1. The lowest BCUT2D eigenvalue weighted by molar-refractivity contribution is -0.384. The van der Waals surface area contributed by atoms with Crippen LogP contribution >= 0.6 is 0 Å². The van der Waals surface area contributed by atoms with Crippen LogP contribution in [-0.2, 0) is 6.54 Å². The van der Waals surface area contributed by atoms with Crippen molar-refractivity contribution < 1.29 is 4.92 Å². The van der Waals surface area contributed by atoms with Crippen LogP contribution in [0.3, 0.4) is 0 Å². The van der Waals surface area contributed by atoms with Gasteiger partial charge in [-0.2, -0.15) is 0 Å². The van der Waals surface area contributed by atoms with Gasteiger partial charge in [0.05, 0.1) is 11.0 Å². The van der Waals surface area contributed by atoms with Crippen molar-refractivity contribution >= 4 is 11.5 Å². The summed E-state index contributed by atoms with van der Waals surface area (Å²) in [6.07, 6.45) is 1.42. The van der Waals surface area contributed by atoms with Crippen molar-refractivity contribution in [1.29, 1.82) is 0 Å². The lowest BCUT2D eigenvalue weighted by Crippen LogP contribution is -2.01. The zero-order valence-corrected chi connectivity index (χ0v) is 9.04. The van der Waals surface area contributed by atoms with Gasteiger partial charge in [0, 0.05) is 18.8 Å². The molecule has 0 unspecified atom stereocenters. The summed E-state index contributed by atoms with van der Waals surface area (Å²) in [7, 11) is 0. The Kier molecular flexibility index (Phi) is 3.30. The predicted octanol–water partition coefficient (Wildman–Crippen LogP) is 2.60. The molecule has 2 aromatic rings. The van der Waals surface area contributed by atoms with Gasteiger partial charge in [-0.1, -0.05) is 30.3 Å². The first-order valence-electron chi connectivity index (χ1n) is 5.14. The van der Waals surface area contributed by atoms with Gasteiger partial charge in [0.15, 0.2) is 0 Å². The van der Waals surface area contributed by atoms with E-state index in [-0.39, 0.29) is 5.69 Å². The summed E-state index contributed by atoms with van der Waals surface area (Å²) in [5, 5.41) is 13.6. The minimum atomic E-state index is -0.435. The maximum absolute atomic E-state index is 10.6. The first kappa shape index (κ1) is 11.1. The molecule has 0 atom stereocenters.